The van der Waals surface area contributed by atoms with Crippen molar-refractivity contribution in [3.05, 3.63) is 0 Å². The highest BCUT2D eigenvalue weighted by atomic mass is 32.1. The third-order valence-electron chi connectivity index (χ3n) is 1.65. The molecule has 12 heavy (non-hydrogen) atoms. The Labute approximate surface area is 85.7 Å². The summed E-state index contributed by atoms with van der Waals surface area (Å²) < 4.78 is 5.70. The summed E-state index contributed by atoms with van der Waals surface area (Å²) in [5, 5.41) is 0. The highest BCUT2D eigenvalue weighted by Crippen LogP contribution is 2.05. The van der Waals surface area contributed by atoms with Gasteiger partial charge in [-0.3, -0.25) is 0 Å². The Hall–Kier alpha value is 0.200. The first-order valence-electron chi connectivity index (χ1n) is 4.12. The number of thiol groups is 1. The molecule has 0 aromatic rings. The van der Waals surface area contributed by atoms with Crippen LogP contribution in [0.5, 0.6) is 0 Å². The van der Waals surface area contributed by atoms with Gasteiger partial charge in [0.05, 0.1) is 12.6 Å². The van der Waals surface area contributed by atoms with Gasteiger partial charge in [0.15, 0.2) is 0 Å². The van der Waals surface area contributed by atoms with Crippen LogP contribution in [0.2, 0.25) is 0 Å². The minimum atomic E-state index is 0.319. The van der Waals surface area contributed by atoms with Crippen molar-refractivity contribution in [2.24, 2.45) is 0 Å². The lowest BCUT2D eigenvalue weighted by Gasteiger charge is -2.28. The second-order valence-corrected chi connectivity index (χ2v) is 3.89. The molecule has 1 unspecified atom stereocenters. The van der Waals surface area contributed by atoms with Crippen LogP contribution >= 0.6 is 24.8 Å². The molecule has 0 rings (SSSR count). The van der Waals surface area contributed by atoms with Crippen LogP contribution in [-0.4, -0.2) is 35.5 Å². The maximum absolute atomic E-state index is 5.05. The minimum absolute atomic E-state index is 0.319. The van der Waals surface area contributed by atoms with Crippen molar-refractivity contribution < 1.29 is 4.74 Å². The van der Waals surface area contributed by atoms with E-state index in [9.17, 15) is 0 Å². The topological polar surface area (TPSA) is 12.5 Å². The lowest BCUT2D eigenvalue weighted by Crippen LogP contribution is -2.38. The summed E-state index contributed by atoms with van der Waals surface area (Å²) in [7, 11) is 1.70. The van der Waals surface area contributed by atoms with Gasteiger partial charge in [0.25, 0.3) is 0 Å². The summed E-state index contributed by atoms with van der Waals surface area (Å²) in [6.07, 6.45) is 1.08. The average molecular weight is 207 g/mol. The molecule has 0 heterocycles. The third kappa shape index (κ3) is 4.28. The molecule has 0 N–H and O–H groups in total. The smallest absolute Gasteiger partial charge is 0.133 e. The SMILES string of the molecule is CCCN(C(=S)S)C(C)COC. The predicted molar refractivity (Wildman–Crippen MR) is 59.9 cm³/mol. The highest BCUT2D eigenvalue weighted by Gasteiger charge is 2.12. The Balaban J connectivity index is 3.99. The molecule has 0 radical (unpaired) electrons. The largest absolute Gasteiger partial charge is 0.383 e. The van der Waals surface area contributed by atoms with Crippen molar-refractivity contribution in [2.45, 2.75) is 26.3 Å². The van der Waals surface area contributed by atoms with Crippen molar-refractivity contribution in [1.29, 1.82) is 0 Å². The van der Waals surface area contributed by atoms with Crippen molar-refractivity contribution in [1.82, 2.24) is 4.90 Å². The fraction of sp³-hybridized carbons (Fsp3) is 0.875. The van der Waals surface area contributed by atoms with Crippen molar-refractivity contribution in [3.63, 3.8) is 0 Å². The fourth-order valence-corrected chi connectivity index (χ4v) is 1.64. The Bertz CT molecular complexity index is 141. The van der Waals surface area contributed by atoms with Crippen LogP contribution in [0.3, 0.4) is 0 Å². The summed E-state index contributed by atoms with van der Waals surface area (Å²) >= 11 is 9.17. The van der Waals surface area contributed by atoms with Gasteiger partial charge >= 0.3 is 0 Å². The van der Waals surface area contributed by atoms with E-state index >= 15 is 0 Å². The second kappa shape index (κ2) is 6.69. The number of hydrogen-bond donors (Lipinski definition) is 1. The molecule has 72 valence electrons. The van der Waals surface area contributed by atoms with Gasteiger partial charge < -0.3 is 9.64 Å². The minimum Gasteiger partial charge on any atom is -0.383 e. The first-order valence-corrected chi connectivity index (χ1v) is 4.97. The molecular weight excluding hydrogens is 190 g/mol. The highest BCUT2D eigenvalue weighted by molar-refractivity contribution is 8.10. The van der Waals surface area contributed by atoms with Crippen LogP contribution in [0.1, 0.15) is 20.3 Å². The zero-order chi connectivity index (χ0) is 9.56. The maximum atomic E-state index is 5.05. The van der Waals surface area contributed by atoms with E-state index in [1.54, 1.807) is 7.11 Å². The molecule has 0 aliphatic carbocycles. The molecule has 0 spiro atoms. The number of nitrogens with zero attached hydrogens (tertiary/aromatic N) is 1. The van der Waals surface area contributed by atoms with Gasteiger partial charge in [-0.15, -0.1) is 12.6 Å². The summed E-state index contributed by atoms with van der Waals surface area (Å²) in [5.74, 6) is 0. The van der Waals surface area contributed by atoms with Gasteiger partial charge in [0.2, 0.25) is 0 Å². The van der Waals surface area contributed by atoms with E-state index in [4.69, 9.17) is 17.0 Å². The number of methoxy groups -OCH3 is 1. The van der Waals surface area contributed by atoms with Gasteiger partial charge in [0, 0.05) is 13.7 Å². The number of hydrogen-bond acceptors (Lipinski definition) is 2. The van der Waals surface area contributed by atoms with Crippen molar-refractivity contribution >= 4 is 29.2 Å². The molecule has 0 amide bonds. The maximum Gasteiger partial charge on any atom is 0.133 e. The molecule has 0 aromatic carbocycles. The van der Waals surface area contributed by atoms with Gasteiger partial charge in [-0.25, -0.2) is 0 Å². The Morgan fingerprint density at radius 3 is 2.58 bits per heavy atom. The normalized spacial score (nSPS) is 12.7. The first kappa shape index (κ1) is 12.2. The number of ether oxygens (including phenoxy) is 1. The molecule has 0 aliphatic heterocycles. The Kier molecular flexibility index (Phi) is 6.80. The van der Waals surface area contributed by atoms with Crippen LogP contribution in [0, 0.1) is 0 Å². The third-order valence-corrected chi connectivity index (χ3v) is 2.14. The predicted octanol–water partition coefficient (Wildman–Crippen LogP) is 1.95. The fourth-order valence-electron chi connectivity index (χ4n) is 1.08. The van der Waals surface area contributed by atoms with Crippen LogP contribution in [-0.2, 0) is 4.74 Å². The van der Waals surface area contributed by atoms with E-state index in [2.05, 4.69) is 31.4 Å². The van der Waals surface area contributed by atoms with Crippen LogP contribution in [0.4, 0.5) is 0 Å². The van der Waals surface area contributed by atoms with Gasteiger partial charge in [-0.2, -0.15) is 0 Å². The van der Waals surface area contributed by atoms with Crippen LogP contribution in [0.25, 0.3) is 0 Å². The molecule has 0 saturated heterocycles. The zero-order valence-corrected chi connectivity index (χ0v) is 9.62. The van der Waals surface area contributed by atoms with Gasteiger partial charge in [-0.1, -0.05) is 19.1 Å². The zero-order valence-electron chi connectivity index (χ0n) is 7.91. The molecule has 0 aromatic heterocycles. The first-order chi connectivity index (χ1) is 5.63. The van der Waals surface area contributed by atoms with E-state index in [-0.39, 0.29) is 0 Å². The quantitative estimate of drug-likeness (QED) is 0.547. The van der Waals surface area contributed by atoms with Crippen molar-refractivity contribution in [3.8, 4) is 0 Å². The van der Waals surface area contributed by atoms with E-state index in [0.29, 0.717) is 17.0 Å². The molecule has 0 bridgehead atoms. The van der Waals surface area contributed by atoms with E-state index in [1.165, 1.54) is 0 Å². The summed E-state index contributed by atoms with van der Waals surface area (Å²) in [6.45, 7) is 5.85. The molecule has 0 fully saturated rings. The number of rotatable bonds is 5. The summed E-state index contributed by atoms with van der Waals surface area (Å²) in [5.41, 5.74) is 0. The molecule has 1 atom stereocenters. The monoisotopic (exact) mass is 207 g/mol. The van der Waals surface area contributed by atoms with Crippen LogP contribution in [0.15, 0.2) is 0 Å². The molecule has 2 nitrogen and oxygen atoms in total. The van der Waals surface area contributed by atoms with E-state index in [1.807, 2.05) is 0 Å². The van der Waals surface area contributed by atoms with Gasteiger partial charge in [0.1, 0.15) is 4.32 Å². The Morgan fingerprint density at radius 1 is 1.67 bits per heavy atom. The number of thiocarbonyl (C=S) groups is 1. The van der Waals surface area contributed by atoms with E-state index in [0.717, 1.165) is 13.0 Å². The van der Waals surface area contributed by atoms with E-state index < -0.39 is 0 Å². The van der Waals surface area contributed by atoms with Crippen LogP contribution < -0.4 is 0 Å². The lowest BCUT2D eigenvalue weighted by molar-refractivity contribution is 0.138. The molecule has 0 saturated carbocycles. The molecule has 0 aliphatic rings. The van der Waals surface area contributed by atoms with Gasteiger partial charge in [-0.05, 0) is 13.3 Å². The second-order valence-electron chi connectivity index (χ2n) is 2.78. The average Bonchev–Trinajstić information content (AvgIpc) is 1.99. The molecular formula is C8H17NOS2. The molecule has 4 heteroatoms. The Morgan fingerprint density at radius 2 is 2.25 bits per heavy atom. The standard InChI is InChI=1S/C8H17NOS2/c1-4-5-9(8(11)12)7(2)6-10-3/h7H,4-6H2,1-3H3,(H,11,12). The van der Waals surface area contributed by atoms with Crippen molar-refractivity contribution in [2.75, 3.05) is 20.3 Å². The summed E-state index contributed by atoms with van der Waals surface area (Å²) in [4.78, 5) is 2.07. The lowest BCUT2D eigenvalue weighted by atomic mass is 10.3. The summed E-state index contributed by atoms with van der Waals surface area (Å²) in [6, 6.07) is 0.319.